The third-order valence-corrected chi connectivity index (χ3v) is 8.95. The van der Waals surface area contributed by atoms with Crippen LogP contribution in [0.1, 0.15) is 50.8 Å². The lowest BCUT2D eigenvalue weighted by atomic mass is 10.1. The molecular formula is C31H34Cl2F3N3O4S. The van der Waals surface area contributed by atoms with E-state index in [1.165, 1.54) is 29.2 Å². The lowest BCUT2D eigenvalue weighted by Crippen LogP contribution is -2.55. The number of hydrogen-bond donors (Lipinski definition) is 1. The largest absolute Gasteiger partial charge is 0.417 e. The predicted molar refractivity (Wildman–Crippen MR) is 166 cm³/mol. The molecule has 0 saturated carbocycles. The zero-order valence-corrected chi connectivity index (χ0v) is 27.2. The highest BCUT2D eigenvalue weighted by molar-refractivity contribution is 7.92. The summed E-state index contributed by atoms with van der Waals surface area (Å²) in [5, 5.41) is 2.67. The molecule has 0 spiro atoms. The monoisotopic (exact) mass is 671 g/mol. The third kappa shape index (κ3) is 8.89. The molecule has 3 aromatic rings. The number of amides is 2. The van der Waals surface area contributed by atoms with Gasteiger partial charge in [0.2, 0.25) is 11.8 Å². The van der Waals surface area contributed by atoms with E-state index in [1.54, 1.807) is 58.9 Å². The highest BCUT2D eigenvalue weighted by Crippen LogP contribution is 2.38. The zero-order chi connectivity index (χ0) is 33.0. The molecule has 7 nitrogen and oxygen atoms in total. The molecule has 0 aliphatic carbocycles. The normalized spacial score (nSPS) is 12.9. The van der Waals surface area contributed by atoms with Gasteiger partial charge in [0.1, 0.15) is 12.6 Å². The fourth-order valence-electron chi connectivity index (χ4n) is 4.41. The average Bonchev–Trinajstić information content (AvgIpc) is 2.91. The van der Waals surface area contributed by atoms with Crippen LogP contribution in [0.2, 0.25) is 10.0 Å². The number of carbonyl (C=O) groups is 2. The van der Waals surface area contributed by atoms with Crippen LogP contribution < -0.4 is 9.62 Å². The molecular weight excluding hydrogens is 638 g/mol. The van der Waals surface area contributed by atoms with Crippen molar-refractivity contribution in [1.29, 1.82) is 0 Å². The molecule has 0 aliphatic rings. The molecule has 238 valence electrons. The Morgan fingerprint density at radius 3 is 2.05 bits per heavy atom. The molecule has 13 heteroatoms. The molecule has 44 heavy (non-hydrogen) atoms. The van der Waals surface area contributed by atoms with Gasteiger partial charge in [-0.1, -0.05) is 60.0 Å². The van der Waals surface area contributed by atoms with Gasteiger partial charge in [0.15, 0.2) is 0 Å². The van der Waals surface area contributed by atoms with E-state index in [0.717, 1.165) is 17.7 Å². The van der Waals surface area contributed by atoms with Crippen molar-refractivity contribution in [2.75, 3.05) is 10.8 Å². The summed E-state index contributed by atoms with van der Waals surface area (Å²) < 4.78 is 69.9. The summed E-state index contributed by atoms with van der Waals surface area (Å²) in [6.07, 6.45) is -4.72. The van der Waals surface area contributed by atoms with Gasteiger partial charge < -0.3 is 10.2 Å². The SMILES string of the molecule is CCC(C(=O)NC(C)(C)C)N(Cc1ccc(Cl)cc1)C(=O)CN(c1ccc(Cl)c(C(F)(F)F)c1)S(=O)(=O)c1ccc(C)cc1. The lowest BCUT2D eigenvalue weighted by molar-refractivity contribution is -0.141. The minimum atomic E-state index is -4.89. The van der Waals surface area contributed by atoms with Crippen molar-refractivity contribution < 1.29 is 31.2 Å². The zero-order valence-electron chi connectivity index (χ0n) is 24.9. The first-order valence-corrected chi connectivity index (χ1v) is 15.8. The predicted octanol–water partition coefficient (Wildman–Crippen LogP) is 7.24. The van der Waals surface area contributed by atoms with Crippen molar-refractivity contribution in [2.24, 2.45) is 0 Å². The minimum absolute atomic E-state index is 0.0983. The summed E-state index contributed by atoms with van der Waals surface area (Å²) in [6, 6.07) is 13.8. The summed E-state index contributed by atoms with van der Waals surface area (Å²) in [7, 11) is -4.58. The maximum absolute atomic E-state index is 14.1. The van der Waals surface area contributed by atoms with Crippen LogP contribution in [-0.4, -0.2) is 43.3 Å². The van der Waals surface area contributed by atoms with E-state index in [-0.39, 0.29) is 17.9 Å². The Morgan fingerprint density at radius 2 is 1.52 bits per heavy atom. The number of hydrogen-bond acceptors (Lipinski definition) is 4. The highest BCUT2D eigenvalue weighted by atomic mass is 35.5. The van der Waals surface area contributed by atoms with E-state index in [0.29, 0.717) is 21.0 Å². The summed E-state index contributed by atoms with van der Waals surface area (Å²) in [6.45, 7) is 7.77. The molecule has 2 amide bonds. The number of benzene rings is 3. The van der Waals surface area contributed by atoms with E-state index in [1.807, 2.05) is 0 Å². The third-order valence-electron chi connectivity index (χ3n) is 6.58. The fourth-order valence-corrected chi connectivity index (χ4v) is 6.17. The van der Waals surface area contributed by atoms with Crippen molar-refractivity contribution in [3.05, 3.63) is 93.5 Å². The van der Waals surface area contributed by atoms with Crippen LogP contribution in [0.25, 0.3) is 0 Å². The summed E-state index contributed by atoms with van der Waals surface area (Å²) in [5.41, 5.74) is -0.972. The maximum atomic E-state index is 14.1. The van der Waals surface area contributed by atoms with Crippen LogP contribution in [0.3, 0.4) is 0 Å². The maximum Gasteiger partial charge on any atom is 0.417 e. The molecule has 0 radical (unpaired) electrons. The molecule has 3 aromatic carbocycles. The first-order valence-electron chi connectivity index (χ1n) is 13.7. The Balaban J connectivity index is 2.16. The smallest absolute Gasteiger partial charge is 0.350 e. The molecule has 0 bridgehead atoms. The Morgan fingerprint density at radius 1 is 0.932 bits per heavy atom. The van der Waals surface area contributed by atoms with Crippen LogP contribution in [0.5, 0.6) is 0 Å². The molecule has 0 fully saturated rings. The van der Waals surface area contributed by atoms with Crippen LogP contribution >= 0.6 is 23.2 Å². The van der Waals surface area contributed by atoms with Gasteiger partial charge in [0.05, 0.1) is 21.2 Å². The highest BCUT2D eigenvalue weighted by Gasteiger charge is 2.37. The second-order valence-corrected chi connectivity index (χ2v) is 14.0. The first kappa shape index (κ1) is 35.2. The van der Waals surface area contributed by atoms with Crippen molar-refractivity contribution in [1.82, 2.24) is 10.2 Å². The topological polar surface area (TPSA) is 86.8 Å². The quantitative estimate of drug-likeness (QED) is 0.246. The van der Waals surface area contributed by atoms with Crippen LogP contribution in [0.15, 0.2) is 71.6 Å². The molecule has 1 atom stereocenters. The number of aryl methyl sites for hydroxylation is 1. The Kier molecular flexibility index (Phi) is 11.0. The van der Waals surface area contributed by atoms with Crippen LogP contribution in [0, 0.1) is 6.92 Å². The van der Waals surface area contributed by atoms with E-state index >= 15 is 0 Å². The lowest BCUT2D eigenvalue weighted by Gasteiger charge is -2.35. The van der Waals surface area contributed by atoms with Crippen molar-refractivity contribution in [3.63, 3.8) is 0 Å². The van der Waals surface area contributed by atoms with E-state index in [9.17, 15) is 31.2 Å². The molecule has 1 N–H and O–H groups in total. The standard InChI is InChI=1S/C31H34Cl2F3N3O4S/c1-6-27(29(41)37-30(3,4)5)38(18-21-9-11-22(32)12-10-21)28(40)19-39(44(42,43)24-14-7-20(2)8-15-24)23-13-16-26(33)25(17-23)31(34,35)36/h7-17,27H,6,18-19H2,1-5H3,(H,37,41). The van der Waals surface area contributed by atoms with Gasteiger partial charge in [-0.2, -0.15) is 13.2 Å². The minimum Gasteiger partial charge on any atom is -0.350 e. The molecule has 0 aromatic heterocycles. The van der Waals surface area contributed by atoms with Gasteiger partial charge in [0.25, 0.3) is 10.0 Å². The van der Waals surface area contributed by atoms with Gasteiger partial charge in [-0.05, 0) is 82.1 Å². The molecule has 3 rings (SSSR count). The van der Waals surface area contributed by atoms with E-state index in [2.05, 4.69) is 5.32 Å². The Hall–Kier alpha value is -3.28. The van der Waals surface area contributed by atoms with E-state index < -0.39 is 62.4 Å². The second kappa shape index (κ2) is 13.8. The fraction of sp³-hybridized carbons (Fsp3) is 0.355. The van der Waals surface area contributed by atoms with Gasteiger partial charge in [0, 0.05) is 17.1 Å². The number of anilines is 1. The summed E-state index contributed by atoms with van der Waals surface area (Å²) in [5.74, 6) is -1.28. The first-order chi connectivity index (χ1) is 20.3. The number of rotatable bonds is 10. The van der Waals surface area contributed by atoms with Gasteiger partial charge >= 0.3 is 6.18 Å². The molecule has 0 saturated heterocycles. The summed E-state index contributed by atoms with van der Waals surface area (Å²) >= 11 is 11.8. The van der Waals surface area contributed by atoms with Crippen molar-refractivity contribution in [3.8, 4) is 0 Å². The number of nitrogens with zero attached hydrogens (tertiary/aromatic N) is 2. The number of carbonyl (C=O) groups excluding carboxylic acids is 2. The number of sulfonamides is 1. The molecule has 0 heterocycles. The molecule has 0 aliphatic heterocycles. The van der Waals surface area contributed by atoms with Crippen LogP contribution in [-0.2, 0) is 32.3 Å². The van der Waals surface area contributed by atoms with Gasteiger partial charge in [-0.25, -0.2) is 8.42 Å². The Labute approximate surface area is 266 Å². The Bertz CT molecular complexity index is 1590. The second-order valence-electron chi connectivity index (χ2n) is 11.3. The van der Waals surface area contributed by atoms with Crippen molar-refractivity contribution >= 4 is 50.7 Å². The average molecular weight is 673 g/mol. The number of alkyl halides is 3. The van der Waals surface area contributed by atoms with Crippen LogP contribution in [0.4, 0.5) is 18.9 Å². The number of nitrogens with one attached hydrogen (secondary N) is 1. The van der Waals surface area contributed by atoms with E-state index in [4.69, 9.17) is 23.2 Å². The number of halogens is 5. The van der Waals surface area contributed by atoms with Crippen molar-refractivity contribution in [2.45, 2.75) is 70.2 Å². The van der Waals surface area contributed by atoms with Gasteiger partial charge in [-0.3, -0.25) is 13.9 Å². The summed E-state index contributed by atoms with van der Waals surface area (Å²) in [4.78, 5) is 28.5. The van der Waals surface area contributed by atoms with Gasteiger partial charge in [-0.15, -0.1) is 0 Å². The molecule has 1 unspecified atom stereocenters.